The van der Waals surface area contributed by atoms with E-state index in [2.05, 4.69) is 9.62 Å². The van der Waals surface area contributed by atoms with E-state index in [-0.39, 0.29) is 4.90 Å². The van der Waals surface area contributed by atoms with Gasteiger partial charge in [-0.05, 0) is 62.1 Å². The number of piperidine rings is 1. The van der Waals surface area contributed by atoms with Crippen LogP contribution in [0.2, 0.25) is 0 Å². The Morgan fingerprint density at radius 1 is 1.04 bits per heavy atom. The van der Waals surface area contributed by atoms with Crippen molar-refractivity contribution in [3.63, 3.8) is 0 Å². The summed E-state index contributed by atoms with van der Waals surface area (Å²) in [4.78, 5) is 2.53. The molecule has 0 aromatic heterocycles. The molecule has 0 aliphatic carbocycles. The van der Waals surface area contributed by atoms with Crippen LogP contribution in [0.5, 0.6) is 5.75 Å². The van der Waals surface area contributed by atoms with Crippen molar-refractivity contribution in [2.45, 2.75) is 31.1 Å². The van der Waals surface area contributed by atoms with Gasteiger partial charge >= 0.3 is 0 Å². The number of hydrogen-bond acceptors (Lipinski definition) is 4. The van der Waals surface area contributed by atoms with Gasteiger partial charge in [0.05, 0.1) is 17.7 Å². The summed E-state index contributed by atoms with van der Waals surface area (Å²) in [5.41, 5.74) is 2.38. The van der Waals surface area contributed by atoms with Crippen LogP contribution in [0.25, 0.3) is 0 Å². The monoisotopic (exact) mass is 360 g/mol. The number of methoxy groups -OCH3 is 1. The Hall–Kier alpha value is -2.21. The fourth-order valence-corrected chi connectivity index (χ4v) is 4.28. The minimum absolute atomic E-state index is 0.248. The molecule has 134 valence electrons. The molecule has 0 amide bonds. The minimum Gasteiger partial charge on any atom is -0.495 e. The number of benzene rings is 2. The maximum atomic E-state index is 12.7. The summed E-state index contributed by atoms with van der Waals surface area (Å²) in [6.45, 7) is 3.86. The van der Waals surface area contributed by atoms with Gasteiger partial charge in [-0.25, -0.2) is 8.42 Å². The van der Waals surface area contributed by atoms with Crippen LogP contribution in [0.3, 0.4) is 0 Å². The molecule has 1 aliphatic rings. The maximum Gasteiger partial charge on any atom is 0.262 e. The molecule has 0 saturated carbocycles. The fourth-order valence-electron chi connectivity index (χ4n) is 3.11. The van der Waals surface area contributed by atoms with Crippen LogP contribution in [0, 0.1) is 6.92 Å². The summed E-state index contributed by atoms with van der Waals surface area (Å²) < 4.78 is 33.5. The van der Waals surface area contributed by atoms with Crippen molar-refractivity contribution in [2.75, 3.05) is 29.8 Å². The highest BCUT2D eigenvalue weighted by molar-refractivity contribution is 7.92. The molecular formula is C19H24N2O3S. The summed E-state index contributed by atoms with van der Waals surface area (Å²) >= 11 is 0. The summed E-state index contributed by atoms with van der Waals surface area (Å²) in [5, 5.41) is 0. The second-order valence-corrected chi connectivity index (χ2v) is 8.04. The standard InChI is InChI=1S/C19H24N2O3S/c1-15-7-6-8-17(13-15)25(22,23)20-18-14-16(9-10-19(18)24-2)21-11-4-3-5-12-21/h6-10,13-14,20H,3-5,11-12H2,1-2H3. The molecule has 1 fully saturated rings. The third-order valence-corrected chi connectivity index (χ3v) is 5.81. The smallest absolute Gasteiger partial charge is 0.262 e. The molecule has 1 aliphatic heterocycles. The van der Waals surface area contributed by atoms with Crippen LogP contribution in [0.4, 0.5) is 11.4 Å². The molecule has 1 heterocycles. The number of nitrogens with zero attached hydrogens (tertiary/aromatic N) is 1. The Morgan fingerprint density at radius 3 is 2.48 bits per heavy atom. The van der Waals surface area contributed by atoms with Crippen molar-refractivity contribution in [1.29, 1.82) is 0 Å². The van der Waals surface area contributed by atoms with Crippen LogP contribution < -0.4 is 14.4 Å². The highest BCUT2D eigenvalue weighted by Crippen LogP contribution is 2.32. The number of anilines is 2. The molecule has 3 rings (SSSR count). The van der Waals surface area contributed by atoms with Gasteiger partial charge < -0.3 is 9.64 Å². The van der Waals surface area contributed by atoms with Gasteiger partial charge in [0.25, 0.3) is 10.0 Å². The number of aryl methyl sites for hydroxylation is 1. The SMILES string of the molecule is COc1ccc(N2CCCCC2)cc1NS(=O)(=O)c1cccc(C)c1. The molecule has 1 saturated heterocycles. The van der Waals surface area contributed by atoms with Crippen molar-refractivity contribution < 1.29 is 13.2 Å². The van der Waals surface area contributed by atoms with Crippen LogP contribution >= 0.6 is 0 Å². The van der Waals surface area contributed by atoms with Gasteiger partial charge in [0.1, 0.15) is 5.75 Å². The van der Waals surface area contributed by atoms with E-state index in [0.717, 1.165) is 37.2 Å². The average Bonchev–Trinajstić information content (AvgIpc) is 2.62. The summed E-state index contributed by atoms with van der Waals surface area (Å²) in [6.07, 6.45) is 3.58. The Morgan fingerprint density at radius 2 is 1.80 bits per heavy atom. The molecule has 25 heavy (non-hydrogen) atoms. The fraction of sp³-hybridized carbons (Fsp3) is 0.368. The van der Waals surface area contributed by atoms with Gasteiger partial charge in [-0.15, -0.1) is 0 Å². The van der Waals surface area contributed by atoms with Crippen LogP contribution in [-0.2, 0) is 10.0 Å². The minimum atomic E-state index is -3.66. The second-order valence-electron chi connectivity index (χ2n) is 6.35. The zero-order valence-corrected chi connectivity index (χ0v) is 15.5. The van der Waals surface area contributed by atoms with E-state index >= 15 is 0 Å². The van der Waals surface area contributed by atoms with Crippen LogP contribution in [0.1, 0.15) is 24.8 Å². The summed E-state index contributed by atoms with van der Waals surface area (Å²) in [5.74, 6) is 0.511. The lowest BCUT2D eigenvalue weighted by atomic mass is 10.1. The average molecular weight is 360 g/mol. The van der Waals surface area contributed by atoms with Crippen LogP contribution in [-0.4, -0.2) is 28.6 Å². The van der Waals surface area contributed by atoms with Gasteiger partial charge in [-0.3, -0.25) is 4.72 Å². The predicted molar refractivity (Wildman–Crippen MR) is 101 cm³/mol. The lowest BCUT2D eigenvalue weighted by Gasteiger charge is -2.29. The van der Waals surface area contributed by atoms with Crippen molar-refractivity contribution >= 4 is 21.4 Å². The zero-order chi connectivity index (χ0) is 17.9. The molecule has 1 N–H and O–H groups in total. The quantitative estimate of drug-likeness (QED) is 0.881. The third kappa shape index (κ3) is 4.07. The molecule has 0 bridgehead atoms. The van der Waals surface area contributed by atoms with Gasteiger partial charge in [-0.1, -0.05) is 12.1 Å². The normalized spacial score (nSPS) is 15.0. The Labute approximate surface area is 149 Å². The van der Waals surface area contributed by atoms with Crippen molar-refractivity contribution in [3.8, 4) is 5.75 Å². The molecule has 0 atom stereocenters. The van der Waals surface area contributed by atoms with Gasteiger partial charge in [0, 0.05) is 18.8 Å². The molecule has 5 nitrogen and oxygen atoms in total. The van der Waals surface area contributed by atoms with E-state index in [0.29, 0.717) is 11.4 Å². The second kappa shape index (κ2) is 7.35. The predicted octanol–water partition coefficient (Wildman–Crippen LogP) is 3.79. The Balaban J connectivity index is 1.92. The van der Waals surface area contributed by atoms with E-state index in [4.69, 9.17) is 4.74 Å². The topological polar surface area (TPSA) is 58.6 Å². The van der Waals surface area contributed by atoms with Crippen molar-refractivity contribution in [2.24, 2.45) is 0 Å². The largest absolute Gasteiger partial charge is 0.495 e. The number of sulfonamides is 1. The number of hydrogen-bond donors (Lipinski definition) is 1. The van der Waals surface area contributed by atoms with E-state index in [1.165, 1.54) is 6.42 Å². The lowest BCUT2D eigenvalue weighted by molar-refractivity contribution is 0.417. The van der Waals surface area contributed by atoms with Gasteiger partial charge in [0.2, 0.25) is 0 Å². The molecular weight excluding hydrogens is 336 g/mol. The van der Waals surface area contributed by atoms with Crippen LogP contribution in [0.15, 0.2) is 47.4 Å². The first-order valence-corrected chi connectivity index (χ1v) is 10.0. The first kappa shape index (κ1) is 17.6. The van der Waals surface area contributed by atoms with Crippen molar-refractivity contribution in [3.05, 3.63) is 48.0 Å². The highest BCUT2D eigenvalue weighted by Gasteiger charge is 2.19. The van der Waals surface area contributed by atoms with E-state index in [1.807, 2.05) is 31.2 Å². The first-order chi connectivity index (χ1) is 12.0. The maximum absolute atomic E-state index is 12.7. The molecule has 0 radical (unpaired) electrons. The summed E-state index contributed by atoms with van der Waals surface area (Å²) in [7, 11) is -2.12. The number of rotatable bonds is 5. The number of ether oxygens (including phenoxy) is 1. The van der Waals surface area contributed by atoms with E-state index in [9.17, 15) is 8.42 Å². The molecule has 0 spiro atoms. The molecule has 2 aromatic rings. The highest BCUT2D eigenvalue weighted by atomic mass is 32.2. The molecule has 2 aromatic carbocycles. The van der Waals surface area contributed by atoms with E-state index in [1.54, 1.807) is 25.3 Å². The van der Waals surface area contributed by atoms with Gasteiger partial charge in [-0.2, -0.15) is 0 Å². The van der Waals surface area contributed by atoms with E-state index < -0.39 is 10.0 Å². The lowest BCUT2D eigenvalue weighted by Crippen LogP contribution is -2.29. The Bertz CT molecular complexity index is 843. The third-order valence-electron chi connectivity index (χ3n) is 4.45. The molecule has 6 heteroatoms. The summed E-state index contributed by atoms with van der Waals surface area (Å²) in [6, 6.07) is 12.5. The van der Waals surface area contributed by atoms with Gasteiger partial charge in [0.15, 0.2) is 0 Å². The first-order valence-electron chi connectivity index (χ1n) is 8.52. The van der Waals surface area contributed by atoms with Crippen molar-refractivity contribution in [1.82, 2.24) is 0 Å². The Kier molecular flexibility index (Phi) is 5.18. The molecule has 0 unspecified atom stereocenters. The number of nitrogens with one attached hydrogen (secondary N) is 1. The zero-order valence-electron chi connectivity index (χ0n) is 14.7.